The fourth-order valence-corrected chi connectivity index (χ4v) is 3.70. The number of nitrogens with one attached hydrogen (secondary N) is 3. The Bertz CT molecular complexity index is 969. The van der Waals surface area contributed by atoms with E-state index in [0.717, 1.165) is 35.5 Å². The van der Waals surface area contributed by atoms with Gasteiger partial charge in [-0.05, 0) is 37.4 Å². The van der Waals surface area contributed by atoms with Crippen LogP contribution in [0.4, 0.5) is 5.95 Å². The monoisotopic (exact) mass is 419 g/mol. The van der Waals surface area contributed by atoms with E-state index >= 15 is 0 Å². The smallest absolute Gasteiger partial charge is 0.223 e. The number of ether oxygens (including phenoxy) is 1. The maximum atomic E-state index is 10.0. The summed E-state index contributed by atoms with van der Waals surface area (Å²) in [5, 5.41) is 19.6. The van der Waals surface area contributed by atoms with Crippen LogP contribution in [-0.4, -0.2) is 53.9 Å². The molecular formula is C24H29N5O2. The van der Waals surface area contributed by atoms with Gasteiger partial charge in [0, 0.05) is 31.3 Å². The molecule has 2 heterocycles. The van der Waals surface area contributed by atoms with Gasteiger partial charge in [-0.1, -0.05) is 42.5 Å². The number of hydrogen-bond acceptors (Lipinski definition) is 7. The Morgan fingerprint density at radius 2 is 2.00 bits per heavy atom. The molecule has 4 N–H and O–H groups in total. The van der Waals surface area contributed by atoms with Gasteiger partial charge in [0.2, 0.25) is 5.95 Å². The predicted octanol–water partition coefficient (Wildman–Crippen LogP) is 2.62. The molecule has 0 saturated carbocycles. The number of hydrogen-bond donors (Lipinski definition) is 4. The Kier molecular flexibility index (Phi) is 7.09. The number of anilines is 1. The average molecular weight is 420 g/mol. The molecule has 162 valence electrons. The Morgan fingerprint density at radius 3 is 2.77 bits per heavy atom. The van der Waals surface area contributed by atoms with Crippen molar-refractivity contribution in [2.45, 2.75) is 24.7 Å². The van der Waals surface area contributed by atoms with Crippen LogP contribution in [-0.2, 0) is 0 Å². The Hall–Kier alpha value is -3.00. The van der Waals surface area contributed by atoms with E-state index in [9.17, 15) is 5.11 Å². The van der Waals surface area contributed by atoms with E-state index in [0.29, 0.717) is 19.0 Å². The van der Waals surface area contributed by atoms with Gasteiger partial charge in [-0.15, -0.1) is 0 Å². The first-order chi connectivity index (χ1) is 15.2. The largest absolute Gasteiger partial charge is 0.486 e. The van der Waals surface area contributed by atoms with Crippen LogP contribution in [0, 0.1) is 0 Å². The second-order valence-corrected chi connectivity index (χ2v) is 7.68. The zero-order chi connectivity index (χ0) is 21.5. The number of benzene rings is 2. The molecular weight excluding hydrogens is 390 g/mol. The first-order valence-electron chi connectivity index (χ1n) is 10.7. The van der Waals surface area contributed by atoms with Crippen molar-refractivity contribution < 1.29 is 9.84 Å². The molecule has 4 rings (SSSR count). The molecule has 1 saturated heterocycles. The molecule has 7 nitrogen and oxygen atoms in total. The molecule has 0 unspecified atom stereocenters. The maximum absolute atomic E-state index is 10.0. The molecule has 1 aromatic heterocycles. The molecule has 0 spiro atoms. The van der Waals surface area contributed by atoms with Gasteiger partial charge in [0.05, 0.1) is 17.8 Å². The van der Waals surface area contributed by atoms with E-state index in [-0.39, 0.29) is 12.1 Å². The molecule has 2 aromatic carbocycles. The average Bonchev–Trinajstić information content (AvgIpc) is 3.22. The number of aliphatic hydroxyl groups excluding tert-OH is 1. The number of aromatic nitrogens is 2. The molecule has 0 bridgehead atoms. The van der Waals surface area contributed by atoms with Crippen molar-refractivity contribution in [2.24, 2.45) is 0 Å². The first kappa shape index (κ1) is 21.2. The Morgan fingerprint density at radius 1 is 1.13 bits per heavy atom. The molecule has 7 heteroatoms. The van der Waals surface area contributed by atoms with Gasteiger partial charge in [-0.25, -0.2) is 9.97 Å². The molecule has 3 atom stereocenters. The molecule has 1 aliphatic rings. The van der Waals surface area contributed by atoms with Crippen LogP contribution in [0.5, 0.6) is 5.75 Å². The highest BCUT2D eigenvalue weighted by Gasteiger charge is 2.25. The van der Waals surface area contributed by atoms with Crippen molar-refractivity contribution in [1.29, 1.82) is 0 Å². The summed E-state index contributed by atoms with van der Waals surface area (Å²) in [4.78, 5) is 8.95. The van der Waals surface area contributed by atoms with Gasteiger partial charge in [0.1, 0.15) is 11.9 Å². The predicted molar refractivity (Wildman–Crippen MR) is 122 cm³/mol. The van der Waals surface area contributed by atoms with Crippen molar-refractivity contribution >= 4 is 5.95 Å². The molecule has 0 radical (unpaired) electrons. The lowest BCUT2D eigenvalue weighted by atomic mass is 10.1. The van der Waals surface area contributed by atoms with Crippen LogP contribution in [0.15, 0.2) is 66.9 Å². The third kappa shape index (κ3) is 5.58. The van der Waals surface area contributed by atoms with Crippen molar-refractivity contribution in [1.82, 2.24) is 20.6 Å². The lowest BCUT2D eigenvalue weighted by Gasteiger charge is -2.20. The highest BCUT2D eigenvalue weighted by molar-refractivity contribution is 5.62. The summed E-state index contributed by atoms with van der Waals surface area (Å²) in [6.07, 6.45) is 2.11. The second kappa shape index (κ2) is 10.3. The quantitative estimate of drug-likeness (QED) is 0.424. The summed E-state index contributed by atoms with van der Waals surface area (Å²) < 4.78 is 6.38. The fraction of sp³-hybridized carbons (Fsp3) is 0.333. The number of β-amino-alcohol motifs (C(OH)–C–C–N with tert-alkyl or cyclic N) is 1. The van der Waals surface area contributed by atoms with Crippen LogP contribution in [0.3, 0.4) is 0 Å². The standard InChI is InChI=1S/C24H29N5O2/c1-25-12-11-23(17-6-3-2-4-7-17)31-19-9-5-8-18(14-19)20-10-13-27-24(28-20)29-21-15-26-16-22(21)30/h2-10,13-14,21-23,25-26,30H,11-12,15-16H2,1H3,(H,27,28,29)/t21-,22-,23+/m0/s1. The van der Waals surface area contributed by atoms with Gasteiger partial charge >= 0.3 is 0 Å². The van der Waals surface area contributed by atoms with Gasteiger partial charge < -0.3 is 25.8 Å². The van der Waals surface area contributed by atoms with E-state index in [2.05, 4.69) is 38.1 Å². The minimum atomic E-state index is -0.448. The van der Waals surface area contributed by atoms with E-state index in [1.807, 2.05) is 55.6 Å². The number of nitrogens with zero attached hydrogens (tertiary/aromatic N) is 2. The van der Waals surface area contributed by atoms with Crippen molar-refractivity contribution in [3.8, 4) is 17.0 Å². The molecule has 1 fully saturated rings. The summed E-state index contributed by atoms with van der Waals surface area (Å²) in [5.41, 5.74) is 2.91. The second-order valence-electron chi connectivity index (χ2n) is 7.68. The van der Waals surface area contributed by atoms with Crippen LogP contribution in [0.2, 0.25) is 0 Å². The van der Waals surface area contributed by atoms with Crippen LogP contribution in [0.25, 0.3) is 11.3 Å². The highest BCUT2D eigenvalue weighted by atomic mass is 16.5. The minimum Gasteiger partial charge on any atom is -0.486 e. The molecule has 0 amide bonds. The summed E-state index contributed by atoms with van der Waals surface area (Å²) in [7, 11) is 1.95. The van der Waals surface area contributed by atoms with Crippen molar-refractivity contribution in [3.05, 3.63) is 72.4 Å². The summed E-state index contributed by atoms with van der Waals surface area (Å²) in [6, 6.07) is 20.0. The summed E-state index contributed by atoms with van der Waals surface area (Å²) in [5.74, 6) is 1.30. The van der Waals surface area contributed by atoms with E-state index in [4.69, 9.17) is 4.74 Å². The summed E-state index contributed by atoms with van der Waals surface area (Å²) in [6.45, 7) is 2.13. The van der Waals surface area contributed by atoms with Crippen molar-refractivity contribution in [2.75, 3.05) is 32.0 Å². The lowest BCUT2D eigenvalue weighted by molar-refractivity contribution is 0.185. The highest BCUT2D eigenvalue weighted by Crippen LogP contribution is 2.28. The topological polar surface area (TPSA) is 91.3 Å². The number of aliphatic hydroxyl groups is 1. The van der Waals surface area contributed by atoms with Crippen LogP contribution >= 0.6 is 0 Å². The molecule has 3 aromatic rings. The van der Waals surface area contributed by atoms with Crippen LogP contribution in [0.1, 0.15) is 18.1 Å². The summed E-state index contributed by atoms with van der Waals surface area (Å²) >= 11 is 0. The number of rotatable bonds is 9. The lowest BCUT2D eigenvalue weighted by Crippen LogP contribution is -2.32. The third-order valence-corrected chi connectivity index (χ3v) is 5.39. The van der Waals surface area contributed by atoms with Gasteiger partial charge in [-0.2, -0.15) is 0 Å². The van der Waals surface area contributed by atoms with E-state index in [1.54, 1.807) is 6.20 Å². The molecule has 1 aliphatic heterocycles. The molecule has 31 heavy (non-hydrogen) atoms. The van der Waals surface area contributed by atoms with Gasteiger partial charge in [-0.3, -0.25) is 0 Å². The van der Waals surface area contributed by atoms with Crippen molar-refractivity contribution in [3.63, 3.8) is 0 Å². The SMILES string of the molecule is CNCC[C@@H](Oc1cccc(-c2ccnc(N[C@H]3CNC[C@@H]3O)n2)c1)c1ccccc1. The zero-order valence-electron chi connectivity index (χ0n) is 17.7. The Labute approximate surface area is 182 Å². The fourth-order valence-electron chi connectivity index (χ4n) is 3.70. The maximum Gasteiger partial charge on any atom is 0.223 e. The normalized spacial score (nSPS) is 19.2. The van der Waals surface area contributed by atoms with Gasteiger partial charge in [0.25, 0.3) is 0 Å². The van der Waals surface area contributed by atoms with E-state index < -0.39 is 6.10 Å². The first-order valence-corrected chi connectivity index (χ1v) is 10.7. The third-order valence-electron chi connectivity index (χ3n) is 5.39. The minimum absolute atomic E-state index is 0.0390. The van der Waals surface area contributed by atoms with Gasteiger partial charge in [0.15, 0.2) is 0 Å². The Balaban J connectivity index is 1.51. The molecule has 0 aliphatic carbocycles. The zero-order valence-corrected chi connectivity index (χ0v) is 17.7. The van der Waals surface area contributed by atoms with Crippen LogP contribution < -0.4 is 20.7 Å². The van der Waals surface area contributed by atoms with E-state index in [1.165, 1.54) is 0 Å².